The van der Waals surface area contributed by atoms with Gasteiger partial charge in [0, 0.05) is 13.7 Å². The van der Waals surface area contributed by atoms with Crippen LogP contribution >= 0.6 is 0 Å². The quantitative estimate of drug-likeness (QED) is 0.288. The van der Waals surface area contributed by atoms with E-state index in [0.29, 0.717) is 29.2 Å². The van der Waals surface area contributed by atoms with Crippen LogP contribution in [0.15, 0.2) is 66.8 Å². The van der Waals surface area contributed by atoms with Gasteiger partial charge in [-0.2, -0.15) is 0 Å². The molecular formula is C24H25NO6. The number of methoxy groups -OCH3 is 2. The Morgan fingerprint density at radius 1 is 1.16 bits per heavy atom. The number of Topliss-reactive ketones (excluding diaryl/α,β-unsaturated/α-hetero) is 1. The van der Waals surface area contributed by atoms with Crippen molar-refractivity contribution in [2.75, 3.05) is 34.0 Å². The summed E-state index contributed by atoms with van der Waals surface area (Å²) in [6, 6.07) is 13.1. The van der Waals surface area contributed by atoms with E-state index >= 15 is 0 Å². The van der Waals surface area contributed by atoms with Crippen LogP contribution in [0.25, 0.3) is 5.76 Å². The van der Waals surface area contributed by atoms with Crippen LogP contribution < -0.4 is 9.47 Å². The molecule has 162 valence electrons. The first-order chi connectivity index (χ1) is 15.0. The predicted molar refractivity (Wildman–Crippen MR) is 116 cm³/mol. The van der Waals surface area contributed by atoms with E-state index in [1.54, 1.807) is 54.6 Å². The Balaban J connectivity index is 2.17. The van der Waals surface area contributed by atoms with Crippen molar-refractivity contribution in [3.8, 4) is 11.5 Å². The minimum Gasteiger partial charge on any atom is -0.507 e. The van der Waals surface area contributed by atoms with E-state index in [1.807, 2.05) is 0 Å². The molecule has 1 aliphatic rings. The van der Waals surface area contributed by atoms with E-state index in [2.05, 4.69) is 6.58 Å². The molecule has 0 saturated carbocycles. The lowest BCUT2D eigenvalue weighted by Gasteiger charge is -2.25. The van der Waals surface area contributed by atoms with Crippen LogP contribution in [0.4, 0.5) is 0 Å². The highest BCUT2D eigenvalue weighted by Crippen LogP contribution is 2.41. The number of likely N-dealkylation sites (tertiary alicyclic amines) is 1. The molecule has 31 heavy (non-hydrogen) atoms. The number of hydrogen-bond acceptors (Lipinski definition) is 6. The summed E-state index contributed by atoms with van der Waals surface area (Å²) in [4.78, 5) is 27.3. The number of benzene rings is 2. The normalized spacial score (nSPS) is 17.6. The Labute approximate surface area is 181 Å². The molecule has 0 spiro atoms. The van der Waals surface area contributed by atoms with Crippen LogP contribution in [0.2, 0.25) is 0 Å². The van der Waals surface area contributed by atoms with Crippen LogP contribution in [-0.4, -0.2) is 55.7 Å². The van der Waals surface area contributed by atoms with Crippen molar-refractivity contribution in [3.63, 3.8) is 0 Å². The fourth-order valence-electron chi connectivity index (χ4n) is 3.56. The Hall–Kier alpha value is -3.58. The number of ether oxygens (including phenoxy) is 3. The van der Waals surface area contributed by atoms with Gasteiger partial charge in [-0.3, -0.25) is 9.59 Å². The monoisotopic (exact) mass is 423 g/mol. The number of aliphatic hydroxyl groups is 1. The van der Waals surface area contributed by atoms with Gasteiger partial charge in [0.05, 0.1) is 30.9 Å². The molecule has 1 heterocycles. The zero-order valence-electron chi connectivity index (χ0n) is 17.5. The first-order valence-electron chi connectivity index (χ1n) is 9.77. The molecule has 2 aromatic carbocycles. The maximum atomic E-state index is 13.0. The second kappa shape index (κ2) is 9.95. The Morgan fingerprint density at radius 2 is 1.94 bits per heavy atom. The highest BCUT2D eigenvalue weighted by atomic mass is 16.5. The van der Waals surface area contributed by atoms with E-state index in [4.69, 9.17) is 14.2 Å². The van der Waals surface area contributed by atoms with Crippen molar-refractivity contribution in [1.29, 1.82) is 0 Å². The number of amides is 1. The zero-order valence-corrected chi connectivity index (χ0v) is 17.5. The molecule has 1 unspecified atom stereocenters. The van der Waals surface area contributed by atoms with Crippen molar-refractivity contribution in [1.82, 2.24) is 4.90 Å². The Bertz CT molecular complexity index is 1010. The number of nitrogens with zero attached hydrogens (tertiary/aromatic N) is 1. The topological polar surface area (TPSA) is 85.3 Å². The summed E-state index contributed by atoms with van der Waals surface area (Å²) >= 11 is 0. The van der Waals surface area contributed by atoms with E-state index in [-0.39, 0.29) is 24.5 Å². The average Bonchev–Trinajstić information content (AvgIpc) is 3.05. The smallest absolute Gasteiger partial charge is 0.295 e. The second-order valence-corrected chi connectivity index (χ2v) is 6.86. The number of carbonyl (C=O) groups excluding carboxylic acids is 2. The largest absolute Gasteiger partial charge is 0.507 e. The summed E-state index contributed by atoms with van der Waals surface area (Å²) in [5.74, 6) is -0.798. The van der Waals surface area contributed by atoms with Gasteiger partial charge in [0.1, 0.15) is 23.9 Å². The third-order valence-electron chi connectivity index (χ3n) is 4.98. The molecule has 1 atom stereocenters. The highest BCUT2D eigenvalue weighted by molar-refractivity contribution is 6.46. The van der Waals surface area contributed by atoms with Crippen LogP contribution in [0.1, 0.15) is 17.2 Å². The Morgan fingerprint density at radius 3 is 2.65 bits per heavy atom. The summed E-state index contributed by atoms with van der Waals surface area (Å²) in [7, 11) is 2.99. The number of ketones is 1. The summed E-state index contributed by atoms with van der Waals surface area (Å²) < 4.78 is 16.1. The third-order valence-corrected chi connectivity index (χ3v) is 4.98. The second-order valence-electron chi connectivity index (χ2n) is 6.86. The zero-order chi connectivity index (χ0) is 22.4. The molecule has 7 nitrogen and oxygen atoms in total. The van der Waals surface area contributed by atoms with Gasteiger partial charge in [0.25, 0.3) is 11.7 Å². The fourth-order valence-corrected chi connectivity index (χ4v) is 3.56. The molecule has 3 rings (SSSR count). The number of para-hydroxylation sites is 1. The molecule has 1 N–H and O–H groups in total. The maximum Gasteiger partial charge on any atom is 0.295 e. The van der Waals surface area contributed by atoms with E-state index in [9.17, 15) is 14.7 Å². The lowest BCUT2D eigenvalue weighted by Crippen LogP contribution is -2.32. The SMILES string of the molecule is C=CCOc1cccc(C2/C(=C(/O)c3ccccc3OC)C(=O)C(=O)N2CCOC)c1. The maximum absolute atomic E-state index is 13.0. The summed E-state index contributed by atoms with van der Waals surface area (Å²) in [6.07, 6.45) is 1.62. The molecule has 0 bridgehead atoms. The number of rotatable bonds is 9. The molecule has 0 aliphatic carbocycles. The minimum absolute atomic E-state index is 0.00789. The van der Waals surface area contributed by atoms with Gasteiger partial charge in [-0.25, -0.2) is 0 Å². The molecule has 1 fully saturated rings. The van der Waals surface area contributed by atoms with Crippen molar-refractivity contribution < 1.29 is 28.9 Å². The lowest BCUT2D eigenvalue weighted by atomic mass is 9.95. The van der Waals surface area contributed by atoms with Gasteiger partial charge >= 0.3 is 0 Å². The highest BCUT2D eigenvalue weighted by Gasteiger charge is 2.46. The van der Waals surface area contributed by atoms with E-state index in [1.165, 1.54) is 19.1 Å². The number of hydrogen-bond donors (Lipinski definition) is 1. The molecule has 0 aromatic heterocycles. The number of aliphatic hydroxyl groups excluding tert-OH is 1. The molecule has 1 aliphatic heterocycles. The standard InChI is InChI=1S/C24H25NO6/c1-4-13-31-17-9-7-8-16(15-17)21-20(23(27)24(28)25(21)12-14-29-2)22(26)18-10-5-6-11-19(18)30-3/h4-11,15,21,26H,1,12-14H2,2-3H3/b22-20-. The molecule has 1 saturated heterocycles. The van der Waals surface area contributed by atoms with Crippen LogP contribution in [0.5, 0.6) is 11.5 Å². The molecular weight excluding hydrogens is 398 g/mol. The van der Waals surface area contributed by atoms with Crippen molar-refractivity contribution in [3.05, 3.63) is 77.9 Å². The van der Waals surface area contributed by atoms with Gasteiger partial charge in [0.15, 0.2) is 0 Å². The van der Waals surface area contributed by atoms with Crippen LogP contribution in [0.3, 0.4) is 0 Å². The minimum atomic E-state index is -0.799. The van der Waals surface area contributed by atoms with Gasteiger partial charge in [-0.1, -0.05) is 36.9 Å². The average molecular weight is 423 g/mol. The van der Waals surface area contributed by atoms with Crippen LogP contribution in [0, 0.1) is 0 Å². The first-order valence-corrected chi connectivity index (χ1v) is 9.77. The van der Waals surface area contributed by atoms with Crippen molar-refractivity contribution >= 4 is 17.4 Å². The van der Waals surface area contributed by atoms with Gasteiger partial charge < -0.3 is 24.2 Å². The third kappa shape index (κ3) is 4.46. The first kappa shape index (κ1) is 22.1. The van der Waals surface area contributed by atoms with E-state index in [0.717, 1.165) is 0 Å². The number of carbonyl (C=O) groups is 2. The molecule has 7 heteroatoms. The molecule has 0 radical (unpaired) electrons. The van der Waals surface area contributed by atoms with Gasteiger partial charge in [-0.15, -0.1) is 0 Å². The van der Waals surface area contributed by atoms with Crippen molar-refractivity contribution in [2.45, 2.75) is 6.04 Å². The molecule has 1 amide bonds. The lowest BCUT2D eigenvalue weighted by molar-refractivity contribution is -0.140. The predicted octanol–water partition coefficient (Wildman–Crippen LogP) is 3.33. The summed E-state index contributed by atoms with van der Waals surface area (Å²) in [5, 5.41) is 11.1. The molecule has 2 aromatic rings. The van der Waals surface area contributed by atoms with Crippen LogP contribution in [-0.2, 0) is 14.3 Å². The fraction of sp³-hybridized carbons (Fsp3) is 0.250. The Kier molecular flexibility index (Phi) is 7.10. The summed E-state index contributed by atoms with van der Waals surface area (Å²) in [5.41, 5.74) is 0.957. The van der Waals surface area contributed by atoms with Gasteiger partial charge in [-0.05, 0) is 29.8 Å². The van der Waals surface area contributed by atoms with Crippen molar-refractivity contribution in [2.24, 2.45) is 0 Å². The van der Waals surface area contributed by atoms with Gasteiger partial charge in [0.2, 0.25) is 0 Å². The summed E-state index contributed by atoms with van der Waals surface area (Å²) in [6.45, 7) is 4.38. The van der Waals surface area contributed by atoms with E-state index < -0.39 is 17.7 Å².